The fourth-order valence-corrected chi connectivity index (χ4v) is 14.5. The Morgan fingerprint density at radius 3 is 1.45 bits per heavy atom. The van der Waals surface area contributed by atoms with Gasteiger partial charge in [-0.15, -0.1) is 11.8 Å². The number of nitrogens with zero attached hydrogens (tertiary/aromatic N) is 1. The maximum absolute atomic E-state index is 14.8. The van der Waals surface area contributed by atoms with Gasteiger partial charge in [-0.25, -0.2) is 4.31 Å². The maximum Gasteiger partial charge on any atom is 0.426 e. The van der Waals surface area contributed by atoms with Crippen molar-refractivity contribution in [3.8, 4) is 0 Å². The van der Waals surface area contributed by atoms with E-state index >= 15 is 0 Å². The minimum atomic E-state index is -5.35. The summed E-state index contributed by atoms with van der Waals surface area (Å²) in [5.74, 6) is 2.77. The molecule has 0 N–H and O–H groups in total. The predicted molar refractivity (Wildman–Crippen MR) is 117 cm³/mol. The summed E-state index contributed by atoms with van der Waals surface area (Å²) < 4.78 is 88.8. The van der Waals surface area contributed by atoms with Crippen molar-refractivity contribution in [1.82, 2.24) is 4.31 Å². The molecule has 0 aromatic heterocycles. The lowest BCUT2D eigenvalue weighted by molar-refractivity contribution is -0.304. The van der Waals surface area contributed by atoms with Crippen LogP contribution >= 0.6 is 23.7 Å². The van der Waals surface area contributed by atoms with Crippen molar-refractivity contribution in [2.45, 2.75) is 98.0 Å². The van der Waals surface area contributed by atoms with Crippen molar-refractivity contribution in [2.24, 2.45) is 47.3 Å². The van der Waals surface area contributed by atoms with E-state index in [1.807, 2.05) is 0 Å². The SMILES string of the molecule is FC(F)(F)C1(C(F)(F)F)SC(C2C3CC4CC(C3)CC2C4)SN1C12CC3CC(CC(C3)C1)C2. The summed E-state index contributed by atoms with van der Waals surface area (Å²) in [6.07, 6.45) is -0.930. The molecule has 0 aromatic carbocycles. The van der Waals surface area contributed by atoms with Crippen molar-refractivity contribution in [1.29, 1.82) is 0 Å². The second-order valence-corrected chi connectivity index (χ2v) is 15.4. The highest BCUT2D eigenvalue weighted by Gasteiger charge is 2.82. The Morgan fingerprint density at radius 1 is 0.606 bits per heavy atom. The maximum atomic E-state index is 14.8. The minimum Gasteiger partial charge on any atom is -0.211 e. The van der Waals surface area contributed by atoms with Crippen molar-refractivity contribution >= 4 is 23.7 Å². The van der Waals surface area contributed by atoms with Crippen LogP contribution in [0.2, 0.25) is 0 Å². The molecule has 0 spiro atoms. The number of thioether (sulfide) groups is 1. The zero-order valence-electron chi connectivity index (χ0n) is 18.5. The fraction of sp³-hybridized carbons (Fsp3) is 1.00. The van der Waals surface area contributed by atoms with E-state index in [2.05, 4.69) is 0 Å². The average Bonchev–Trinajstić information content (AvgIpc) is 3.09. The highest BCUT2D eigenvalue weighted by molar-refractivity contribution is 8.19. The van der Waals surface area contributed by atoms with Crippen LogP contribution in [0.3, 0.4) is 0 Å². The third-order valence-corrected chi connectivity index (χ3v) is 14.2. The highest BCUT2D eigenvalue weighted by atomic mass is 32.2. The Labute approximate surface area is 199 Å². The lowest BCUT2D eigenvalue weighted by Gasteiger charge is -2.61. The molecule has 0 aromatic rings. The van der Waals surface area contributed by atoms with E-state index in [1.165, 1.54) is 6.42 Å². The molecule has 8 bridgehead atoms. The number of alkyl halides is 6. The first-order valence-corrected chi connectivity index (χ1v) is 14.5. The third-order valence-electron chi connectivity index (χ3n) is 10.6. The number of hydrogen-bond acceptors (Lipinski definition) is 3. The van der Waals surface area contributed by atoms with Crippen LogP contribution in [0.25, 0.3) is 0 Å². The van der Waals surface area contributed by atoms with E-state index in [-0.39, 0.29) is 17.7 Å². The smallest absolute Gasteiger partial charge is 0.211 e. The average molecular weight is 512 g/mol. The Balaban J connectivity index is 1.30. The summed E-state index contributed by atoms with van der Waals surface area (Å²) in [4.78, 5) is -3.78. The number of halogens is 6. The summed E-state index contributed by atoms with van der Waals surface area (Å²) in [5.41, 5.74) is -0.960. The second-order valence-electron chi connectivity index (χ2n) is 12.7. The quantitative estimate of drug-likeness (QED) is 0.274. The number of hydrogen-bond donors (Lipinski definition) is 0. The Morgan fingerprint density at radius 2 is 1.03 bits per heavy atom. The van der Waals surface area contributed by atoms with Gasteiger partial charge in [0.15, 0.2) is 0 Å². The van der Waals surface area contributed by atoms with E-state index in [9.17, 15) is 26.3 Å². The standard InChI is InChI=1S/C24H31F6NS2/c25-23(26,27)22(24(28,29)30)31(21-9-14-2-15(10-21)4-16(3-14)11-21)33-20(32-22)19-17-5-12-1-13(7-17)8-18(19)6-12/h12-20H,1-11H2. The van der Waals surface area contributed by atoms with E-state index in [4.69, 9.17) is 0 Å². The minimum absolute atomic E-state index is 0.0178. The van der Waals surface area contributed by atoms with Crippen LogP contribution < -0.4 is 0 Å². The van der Waals surface area contributed by atoms with Gasteiger partial charge in [0.25, 0.3) is 4.87 Å². The molecule has 1 atom stereocenters. The molecule has 0 amide bonds. The van der Waals surface area contributed by atoms with Crippen LogP contribution in [0.4, 0.5) is 26.3 Å². The molecule has 1 saturated heterocycles. The molecule has 186 valence electrons. The van der Waals surface area contributed by atoms with E-state index in [0.717, 1.165) is 61.2 Å². The first-order chi connectivity index (χ1) is 15.5. The molecule has 1 heterocycles. The van der Waals surface area contributed by atoms with Gasteiger partial charge in [0.05, 0.1) is 4.58 Å². The zero-order valence-corrected chi connectivity index (χ0v) is 20.1. The Hall–Kier alpha value is 0.240. The molecule has 9 heteroatoms. The van der Waals surface area contributed by atoms with Gasteiger partial charge < -0.3 is 0 Å². The van der Waals surface area contributed by atoms with Gasteiger partial charge in [0.2, 0.25) is 0 Å². The first-order valence-electron chi connectivity index (χ1n) is 12.8. The van der Waals surface area contributed by atoms with Crippen LogP contribution in [0.5, 0.6) is 0 Å². The van der Waals surface area contributed by atoms with Gasteiger partial charge >= 0.3 is 12.4 Å². The number of rotatable bonds is 2. The normalized spacial score (nSPS) is 52.7. The molecule has 8 aliphatic carbocycles. The molecular weight excluding hydrogens is 480 g/mol. The van der Waals surface area contributed by atoms with Gasteiger partial charge in [0, 0.05) is 5.54 Å². The van der Waals surface area contributed by atoms with Crippen molar-refractivity contribution in [2.75, 3.05) is 0 Å². The van der Waals surface area contributed by atoms with Crippen LogP contribution in [0, 0.1) is 47.3 Å². The fourth-order valence-electron chi connectivity index (χ4n) is 10.3. The highest BCUT2D eigenvalue weighted by Crippen LogP contribution is 2.73. The lowest BCUT2D eigenvalue weighted by atomic mass is 9.52. The molecule has 9 rings (SSSR count). The topological polar surface area (TPSA) is 3.24 Å². The van der Waals surface area contributed by atoms with Gasteiger partial charge in [0.1, 0.15) is 0 Å². The monoisotopic (exact) mass is 511 g/mol. The Kier molecular flexibility index (Phi) is 4.73. The van der Waals surface area contributed by atoms with Crippen LogP contribution in [0.1, 0.15) is 70.6 Å². The van der Waals surface area contributed by atoms with Crippen LogP contribution in [0.15, 0.2) is 0 Å². The first kappa shape index (κ1) is 22.4. The van der Waals surface area contributed by atoms with Gasteiger partial charge in [-0.1, -0.05) is 11.9 Å². The van der Waals surface area contributed by atoms with Crippen molar-refractivity contribution in [3.63, 3.8) is 0 Å². The molecule has 1 nitrogen and oxygen atoms in total. The largest absolute Gasteiger partial charge is 0.426 e. The van der Waals surface area contributed by atoms with Crippen molar-refractivity contribution in [3.05, 3.63) is 0 Å². The van der Waals surface area contributed by atoms with E-state index in [0.29, 0.717) is 60.7 Å². The molecule has 33 heavy (non-hydrogen) atoms. The van der Waals surface area contributed by atoms with Gasteiger partial charge in [-0.05, 0) is 118 Å². The summed E-state index contributed by atoms with van der Waals surface area (Å²) >= 11 is 1.24. The summed E-state index contributed by atoms with van der Waals surface area (Å²) in [5, 5.41) is 0. The Bertz CT molecular complexity index is 747. The van der Waals surface area contributed by atoms with Crippen LogP contribution in [-0.4, -0.2) is 31.6 Å². The van der Waals surface area contributed by atoms with E-state index in [1.54, 1.807) is 0 Å². The van der Waals surface area contributed by atoms with Crippen molar-refractivity contribution < 1.29 is 26.3 Å². The van der Waals surface area contributed by atoms with Gasteiger partial charge in [-0.3, -0.25) is 0 Å². The lowest BCUT2D eigenvalue weighted by Crippen LogP contribution is -2.70. The molecule has 8 saturated carbocycles. The molecule has 1 aliphatic heterocycles. The zero-order chi connectivity index (χ0) is 23.0. The third kappa shape index (κ3) is 3.05. The molecule has 9 aliphatic rings. The molecular formula is C24H31F6NS2. The van der Waals surface area contributed by atoms with E-state index < -0.39 is 27.3 Å². The van der Waals surface area contributed by atoms with Crippen LogP contribution in [-0.2, 0) is 0 Å². The summed E-state index contributed by atoms with van der Waals surface area (Å²) in [6, 6.07) is 0. The molecule has 9 fully saturated rings. The second kappa shape index (κ2) is 6.96. The molecule has 1 unspecified atom stereocenters. The van der Waals surface area contributed by atoms with Gasteiger partial charge in [-0.2, -0.15) is 26.3 Å². The summed E-state index contributed by atoms with van der Waals surface area (Å²) in [6.45, 7) is 0. The predicted octanol–water partition coefficient (Wildman–Crippen LogP) is 7.87. The molecule has 0 radical (unpaired) electrons. The summed E-state index contributed by atoms with van der Waals surface area (Å²) in [7, 11) is 0.